The van der Waals surface area contributed by atoms with Gasteiger partial charge in [0.05, 0.1) is 5.69 Å². The van der Waals surface area contributed by atoms with E-state index < -0.39 is 0 Å². The highest BCUT2D eigenvalue weighted by Crippen LogP contribution is 2.17. The van der Waals surface area contributed by atoms with Crippen LogP contribution in [0.1, 0.15) is 27.2 Å². The Hall–Kier alpha value is -1.31. The van der Waals surface area contributed by atoms with E-state index in [-0.39, 0.29) is 5.75 Å². The lowest BCUT2D eigenvalue weighted by atomic mass is 10.0. The molecule has 0 amide bonds. The molecule has 0 aromatic heterocycles. The number of hydrogen-bond donors (Lipinski definition) is 1. The summed E-state index contributed by atoms with van der Waals surface area (Å²) in [6.45, 7) is 6.60. The summed E-state index contributed by atoms with van der Waals surface area (Å²) < 4.78 is 0. The van der Waals surface area contributed by atoms with Crippen molar-refractivity contribution in [3.63, 3.8) is 0 Å². The lowest BCUT2D eigenvalue weighted by Gasteiger charge is -2.07. The predicted octanol–water partition coefficient (Wildman–Crippen LogP) is 3.78. The second-order valence-corrected chi connectivity index (χ2v) is 4.40. The molecule has 0 aliphatic rings. The van der Waals surface area contributed by atoms with Crippen LogP contribution in [-0.2, 0) is 0 Å². The average Bonchev–Trinajstić information content (AvgIpc) is 2.16. The van der Waals surface area contributed by atoms with Crippen LogP contribution < -0.4 is 0 Å². The molecule has 0 aliphatic heterocycles. The number of rotatable bonds is 4. The summed E-state index contributed by atoms with van der Waals surface area (Å²) in [6, 6.07) is 6.93. The molecule has 0 aliphatic carbocycles. The highest BCUT2D eigenvalue weighted by atomic mass is 16.3. The van der Waals surface area contributed by atoms with Crippen molar-refractivity contribution in [1.82, 2.24) is 0 Å². The first kappa shape index (κ1) is 11.8. The molecule has 2 nitrogen and oxygen atoms in total. The minimum absolute atomic E-state index is 0.282. The molecular formula is C13H19NO. The fraction of sp³-hybridized carbons (Fsp3) is 0.462. The summed E-state index contributed by atoms with van der Waals surface area (Å²) in [5, 5.41) is 9.10. The lowest BCUT2D eigenvalue weighted by molar-refractivity contribution is 0.475. The molecule has 0 saturated heterocycles. The van der Waals surface area contributed by atoms with E-state index in [1.807, 2.05) is 18.3 Å². The molecule has 0 heterocycles. The number of phenols is 1. The monoisotopic (exact) mass is 205 g/mol. The molecule has 82 valence electrons. The van der Waals surface area contributed by atoms with Crippen LogP contribution in [0.25, 0.3) is 0 Å². The smallest absolute Gasteiger partial charge is 0.115 e. The molecule has 1 aromatic rings. The van der Waals surface area contributed by atoms with Crippen LogP contribution in [-0.4, -0.2) is 11.3 Å². The summed E-state index contributed by atoms with van der Waals surface area (Å²) >= 11 is 0. The van der Waals surface area contributed by atoms with Gasteiger partial charge in [0.25, 0.3) is 0 Å². The SMILES string of the molecule is CC(C)CC(C)C=Nc1ccc(O)cc1. The first-order valence-corrected chi connectivity index (χ1v) is 5.41. The van der Waals surface area contributed by atoms with Crippen molar-refractivity contribution in [3.8, 4) is 5.75 Å². The molecular weight excluding hydrogens is 186 g/mol. The summed E-state index contributed by atoms with van der Waals surface area (Å²) in [5.41, 5.74) is 0.892. The van der Waals surface area contributed by atoms with E-state index >= 15 is 0 Å². The zero-order valence-corrected chi connectivity index (χ0v) is 9.64. The molecule has 1 aromatic carbocycles. The molecule has 1 unspecified atom stereocenters. The molecule has 0 saturated carbocycles. The van der Waals surface area contributed by atoms with Gasteiger partial charge in [-0.3, -0.25) is 4.99 Å². The van der Waals surface area contributed by atoms with Crippen LogP contribution in [0, 0.1) is 11.8 Å². The fourth-order valence-corrected chi connectivity index (χ4v) is 1.56. The number of benzene rings is 1. The Morgan fingerprint density at radius 3 is 2.33 bits per heavy atom. The second kappa shape index (κ2) is 5.54. The minimum Gasteiger partial charge on any atom is -0.508 e. The highest BCUT2D eigenvalue weighted by Gasteiger charge is 2.01. The van der Waals surface area contributed by atoms with Gasteiger partial charge in [-0.15, -0.1) is 0 Å². The van der Waals surface area contributed by atoms with Crippen LogP contribution in [0.15, 0.2) is 29.3 Å². The molecule has 1 rings (SSSR count). The van der Waals surface area contributed by atoms with Crippen LogP contribution in [0.2, 0.25) is 0 Å². The summed E-state index contributed by atoms with van der Waals surface area (Å²) in [4.78, 5) is 4.36. The van der Waals surface area contributed by atoms with Gasteiger partial charge >= 0.3 is 0 Å². The third-order valence-corrected chi connectivity index (χ3v) is 2.17. The molecule has 0 bridgehead atoms. The topological polar surface area (TPSA) is 32.6 Å². The Morgan fingerprint density at radius 1 is 1.20 bits per heavy atom. The first-order chi connectivity index (χ1) is 7.08. The second-order valence-electron chi connectivity index (χ2n) is 4.40. The van der Waals surface area contributed by atoms with E-state index in [9.17, 15) is 0 Å². The van der Waals surface area contributed by atoms with Crippen LogP contribution in [0.4, 0.5) is 5.69 Å². The fourth-order valence-electron chi connectivity index (χ4n) is 1.56. The van der Waals surface area contributed by atoms with Crippen molar-refractivity contribution in [3.05, 3.63) is 24.3 Å². The Labute approximate surface area is 91.7 Å². The average molecular weight is 205 g/mol. The zero-order chi connectivity index (χ0) is 11.3. The van der Waals surface area contributed by atoms with E-state index in [1.54, 1.807) is 12.1 Å². The number of nitrogens with zero attached hydrogens (tertiary/aromatic N) is 1. The predicted molar refractivity (Wildman–Crippen MR) is 64.9 cm³/mol. The highest BCUT2D eigenvalue weighted by molar-refractivity contribution is 5.65. The van der Waals surface area contributed by atoms with Crippen LogP contribution >= 0.6 is 0 Å². The molecule has 2 heteroatoms. The van der Waals surface area contributed by atoms with Crippen molar-refractivity contribution in [2.75, 3.05) is 0 Å². The number of phenolic OH excluding ortho intramolecular Hbond substituents is 1. The van der Waals surface area contributed by atoms with Crippen molar-refractivity contribution in [2.45, 2.75) is 27.2 Å². The van der Waals surface area contributed by atoms with E-state index in [0.717, 1.165) is 12.1 Å². The summed E-state index contributed by atoms with van der Waals surface area (Å²) in [5.74, 6) is 1.48. The molecule has 0 fully saturated rings. The third-order valence-electron chi connectivity index (χ3n) is 2.17. The molecule has 0 spiro atoms. The maximum absolute atomic E-state index is 9.10. The van der Waals surface area contributed by atoms with E-state index in [4.69, 9.17) is 5.11 Å². The maximum atomic E-state index is 9.10. The van der Waals surface area contributed by atoms with Gasteiger partial charge in [0.1, 0.15) is 5.75 Å². The normalized spacial score (nSPS) is 13.6. The number of aliphatic imine (C=N–C) groups is 1. The van der Waals surface area contributed by atoms with Crippen molar-refractivity contribution in [1.29, 1.82) is 0 Å². The van der Waals surface area contributed by atoms with E-state index in [1.165, 1.54) is 0 Å². The van der Waals surface area contributed by atoms with Crippen molar-refractivity contribution in [2.24, 2.45) is 16.8 Å². The van der Waals surface area contributed by atoms with Crippen molar-refractivity contribution < 1.29 is 5.11 Å². The van der Waals surface area contributed by atoms with E-state index in [0.29, 0.717) is 11.8 Å². The quantitative estimate of drug-likeness (QED) is 0.745. The third kappa shape index (κ3) is 4.63. The Balaban J connectivity index is 2.53. The Morgan fingerprint density at radius 2 is 1.80 bits per heavy atom. The number of aromatic hydroxyl groups is 1. The van der Waals surface area contributed by atoms with Gasteiger partial charge in [0, 0.05) is 6.21 Å². The molecule has 1 N–H and O–H groups in total. The standard InChI is InChI=1S/C13H19NO/c1-10(2)8-11(3)9-14-12-4-6-13(15)7-5-12/h4-7,9-11,15H,8H2,1-3H3. The van der Waals surface area contributed by atoms with Gasteiger partial charge in [0.2, 0.25) is 0 Å². The van der Waals surface area contributed by atoms with Gasteiger partial charge in [-0.05, 0) is 42.5 Å². The maximum Gasteiger partial charge on any atom is 0.115 e. The van der Waals surface area contributed by atoms with Gasteiger partial charge in [0.15, 0.2) is 0 Å². The summed E-state index contributed by atoms with van der Waals surface area (Å²) in [7, 11) is 0. The van der Waals surface area contributed by atoms with Gasteiger partial charge in [-0.1, -0.05) is 20.8 Å². The summed E-state index contributed by atoms with van der Waals surface area (Å²) in [6.07, 6.45) is 3.13. The largest absolute Gasteiger partial charge is 0.508 e. The van der Waals surface area contributed by atoms with Gasteiger partial charge in [-0.25, -0.2) is 0 Å². The number of hydrogen-bond acceptors (Lipinski definition) is 2. The molecule has 1 atom stereocenters. The van der Waals surface area contributed by atoms with E-state index in [2.05, 4.69) is 25.8 Å². The minimum atomic E-state index is 0.282. The van der Waals surface area contributed by atoms with Crippen LogP contribution in [0.3, 0.4) is 0 Å². The van der Waals surface area contributed by atoms with Crippen LogP contribution in [0.5, 0.6) is 5.75 Å². The lowest BCUT2D eigenvalue weighted by Crippen LogP contribution is -2.00. The Bertz CT molecular complexity index is 314. The molecule has 15 heavy (non-hydrogen) atoms. The van der Waals surface area contributed by atoms with Gasteiger partial charge < -0.3 is 5.11 Å². The van der Waals surface area contributed by atoms with Gasteiger partial charge in [-0.2, -0.15) is 0 Å². The van der Waals surface area contributed by atoms with Crippen molar-refractivity contribution >= 4 is 11.9 Å². The molecule has 0 radical (unpaired) electrons. The first-order valence-electron chi connectivity index (χ1n) is 5.41. The Kier molecular flexibility index (Phi) is 4.35. The zero-order valence-electron chi connectivity index (χ0n) is 9.64.